The van der Waals surface area contributed by atoms with E-state index < -0.39 is 5.97 Å². The van der Waals surface area contributed by atoms with E-state index in [1.165, 1.54) is 7.11 Å². The Kier molecular flexibility index (Phi) is 5.03. The quantitative estimate of drug-likeness (QED) is 0.828. The fourth-order valence-electron chi connectivity index (χ4n) is 3.17. The van der Waals surface area contributed by atoms with Gasteiger partial charge in [0.05, 0.1) is 23.7 Å². The van der Waals surface area contributed by atoms with Crippen molar-refractivity contribution in [2.24, 2.45) is 0 Å². The topological polar surface area (TPSA) is 87.3 Å². The van der Waals surface area contributed by atoms with E-state index >= 15 is 0 Å². The van der Waals surface area contributed by atoms with Gasteiger partial charge < -0.3 is 19.9 Å². The first-order valence-electron chi connectivity index (χ1n) is 8.61. The molecule has 2 heterocycles. The summed E-state index contributed by atoms with van der Waals surface area (Å²) in [7, 11) is 1.33. The molecule has 1 aromatic heterocycles. The number of carbonyl (C=O) groups excluding carboxylic acids is 2. The Labute approximate surface area is 146 Å². The minimum Gasteiger partial charge on any atom is -0.465 e. The maximum Gasteiger partial charge on any atom is 0.337 e. The number of hydrogen-bond donors (Lipinski definition) is 2. The Morgan fingerprint density at radius 3 is 2.68 bits per heavy atom. The molecular formula is C18H24N4O3. The molecule has 0 spiro atoms. The molecule has 1 aliphatic rings. The average molecular weight is 344 g/mol. The molecule has 2 aromatic rings. The highest BCUT2D eigenvalue weighted by atomic mass is 16.5. The molecule has 134 valence electrons. The summed E-state index contributed by atoms with van der Waals surface area (Å²) < 4.78 is 4.71. The van der Waals surface area contributed by atoms with E-state index in [0.717, 1.165) is 25.9 Å². The number of likely N-dealkylation sites (tertiary alicyclic amines) is 1. The predicted octanol–water partition coefficient (Wildman–Crippen LogP) is 1.95. The fraction of sp³-hybridized carbons (Fsp3) is 0.500. The molecule has 3 rings (SSSR count). The number of H-pyrrole nitrogens is 1. The first-order chi connectivity index (χ1) is 12.0. The number of ether oxygens (including phenoxy) is 1. The lowest BCUT2D eigenvalue weighted by Gasteiger charge is -2.34. The molecule has 1 aromatic carbocycles. The Morgan fingerprint density at radius 1 is 1.32 bits per heavy atom. The van der Waals surface area contributed by atoms with Gasteiger partial charge in [-0.3, -0.25) is 4.79 Å². The van der Waals surface area contributed by atoms with Crippen LogP contribution in [0, 0.1) is 0 Å². The zero-order valence-electron chi connectivity index (χ0n) is 14.8. The summed E-state index contributed by atoms with van der Waals surface area (Å²) in [4.78, 5) is 33.8. The van der Waals surface area contributed by atoms with Crippen LogP contribution in [0.4, 0.5) is 0 Å². The molecular weight excluding hydrogens is 320 g/mol. The zero-order chi connectivity index (χ0) is 18.0. The van der Waals surface area contributed by atoms with Crippen molar-refractivity contribution in [1.82, 2.24) is 20.2 Å². The molecule has 1 fully saturated rings. The number of aromatic nitrogens is 2. The zero-order valence-corrected chi connectivity index (χ0v) is 14.8. The maximum atomic E-state index is 12.5. The largest absolute Gasteiger partial charge is 0.465 e. The van der Waals surface area contributed by atoms with Gasteiger partial charge in [-0.1, -0.05) is 0 Å². The molecule has 1 aliphatic heterocycles. The van der Waals surface area contributed by atoms with Gasteiger partial charge in [0, 0.05) is 25.2 Å². The van der Waals surface area contributed by atoms with Gasteiger partial charge in [-0.25, -0.2) is 9.78 Å². The van der Waals surface area contributed by atoms with Crippen molar-refractivity contribution in [3.63, 3.8) is 0 Å². The molecule has 0 unspecified atom stereocenters. The molecule has 7 heteroatoms. The van der Waals surface area contributed by atoms with Crippen molar-refractivity contribution >= 4 is 22.9 Å². The van der Waals surface area contributed by atoms with E-state index in [2.05, 4.69) is 34.0 Å². The minimum atomic E-state index is -0.423. The second-order valence-electron chi connectivity index (χ2n) is 6.69. The standard InChI is InChI=1S/C18H24N4O3/c1-11(2)22-8-6-13(7-9-22)19-17(23)16-20-14-5-4-12(18(24)25-3)10-15(14)21-16/h4-5,10-11,13H,6-9H2,1-3H3,(H,19,23)(H,20,21). The monoisotopic (exact) mass is 344 g/mol. The number of hydrogen-bond acceptors (Lipinski definition) is 5. The van der Waals surface area contributed by atoms with Crippen LogP contribution in [0.25, 0.3) is 11.0 Å². The SMILES string of the molecule is COC(=O)c1ccc2[nH]c(C(=O)NC3CCN(C(C)C)CC3)nc2c1. The molecule has 1 saturated heterocycles. The number of piperidine rings is 1. The summed E-state index contributed by atoms with van der Waals surface area (Å²) in [6, 6.07) is 5.70. The number of esters is 1. The van der Waals surface area contributed by atoms with Crippen molar-refractivity contribution in [2.75, 3.05) is 20.2 Å². The van der Waals surface area contributed by atoms with E-state index in [9.17, 15) is 9.59 Å². The molecule has 7 nitrogen and oxygen atoms in total. The van der Waals surface area contributed by atoms with Crippen LogP contribution in [-0.4, -0.2) is 59.0 Å². The van der Waals surface area contributed by atoms with Crippen LogP contribution in [-0.2, 0) is 4.74 Å². The summed E-state index contributed by atoms with van der Waals surface area (Å²) in [6.07, 6.45) is 1.88. The van der Waals surface area contributed by atoms with Crippen molar-refractivity contribution in [2.45, 2.75) is 38.8 Å². The summed E-state index contributed by atoms with van der Waals surface area (Å²) in [5.74, 6) is -0.366. The number of aromatic amines is 1. The number of rotatable bonds is 4. The maximum absolute atomic E-state index is 12.5. The van der Waals surface area contributed by atoms with Gasteiger partial charge >= 0.3 is 5.97 Å². The molecule has 2 N–H and O–H groups in total. The third-order valence-corrected chi connectivity index (χ3v) is 4.71. The van der Waals surface area contributed by atoms with Crippen molar-refractivity contribution in [3.05, 3.63) is 29.6 Å². The number of imidazole rings is 1. The molecule has 0 atom stereocenters. The number of nitrogens with zero attached hydrogens (tertiary/aromatic N) is 2. The van der Waals surface area contributed by atoms with Gasteiger partial charge in [-0.15, -0.1) is 0 Å². The Balaban J connectivity index is 1.67. The Morgan fingerprint density at radius 2 is 2.04 bits per heavy atom. The number of amides is 1. The van der Waals surface area contributed by atoms with Crippen LogP contribution in [0.3, 0.4) is 0 Å². The van der Waals surface area contributed by atoms with Crippen LogP contribution in [0.5, 0.6) is 0 Å². The highest BCUT2D eigenvalue weighted by molar-refractivity contribution is 5.97. The molecule has 25 heavy (non-hydrogen) atoms. The Hall–Kier alpha value is -2.41. The van der Waals surface area contributed by atoms with Gasteiger partial charge in [-0.2, -0.15) is 0 Å². The third-order valence-electron chi connectivity index (χ3n) is 4.71. The van der Waals surface area contributed by atoms with Gasteiger partial charge in [0.1, 0.15) is 0 Å². The van der Waals surface area contributed by atoms with Crippen molar-refractivity contribution < 1.29 is 14.3 Å². The number of nitrogens with one attached hydrogen (secondary N) is 2. The summed E-state index contributed by atoms with van der Waals surface area (Å²) in [6.45, 7) is 6.36. The number of methoxy groups -OCH3 is 1. The van der Waals surface area contributed by atoms with Gasteiger partial charge in [0.25, 0.3) is 5.91 Å². The lowest BCUT2D eigenvalue weighted by Crippen LogP contribution is -2.46. The summed E-state index contributed by atoms with van der Waals surface area (Å²) in [5, 5.41) is 3.05. The second-order valence-corrected chi connectivity index (χ2v) is 6.69. The van der Waals surface area contributed by atoms with Crippen molar-refractivity contribution in [3.8, 4) is 0 Å². The number of carbonyl (C=O) groups is 2. The highest BCUT2D eigenvalue weighted by Gasteiger charge is 2.23. The molecule has 0 aliphatic carbocycles. The smallest absolute Gasteiger partial charge is 0.337 e. The van der Waals surface area contributed by atoms with E-state index in [1.807, 2.05) is 0 Å². The van der Waals surface area contributed by atoms with Crippen molar-refractivity contribution in [1.29, 1.82) is 0 Å². The molecule has 0 saturated carbocycles. The van der Waals surface area contributed by atoms with Crippen LogP contribution in [0.15, 0.2) is 18.2 Å². The van der Waals surface area contributed by atoms with E-state index in [1.54, 1.807) is 18.2 Å². The van der Waals surface area contributed by atoms with E-state index in [0.29, 0.717) is 22.6 Å². The molecule has 0 radical (unpaired) electrons. The Bertz CT molecular complexity index is 776. The number of benzene rings is 1. The minimum absolute atomic E-state index is 0.168. The van der Waals surface area contributed by atoms with Crippen LogP contribution in [0.1, 0.15) is 47.7 Å². The van der Waals surface area contributed by atoms with E-state index in [4.69, 9.17) is 4.74 Å². The second kappa shape index (κ2) is 7.23. The molecule has 1 amide bonds. The number of fused-ring (bicyclic) bond motifs is 1. The van der Waals surface area contributed by atoms with Gasteiger partial charge in [0.15, 0.2) is 5.82 Å². The first kappa shape index (κ1) is 17.4. The lowest BCUT2D eigenvalue weighted by molar-refractivity contribution is 0.0600. The van der Waals surface area contributed by atoms with Crippen LogP contribution >= 0.6 is 0 Å². The third kappa shape index (κ3) is 3.82. The molecule has 0 bridgehead atoms. The van der Waals surface area contributed by atoms with Gasteiger partial charge in [0.2, 0.25) is 0 Å². The average Bonchev–Trinajstić information content (AvgIpc) is 3.04. The first-order valence-corrected chi connectivity index (χ1v) is 8.61. The van der Waals surface area contributed by atoms with E-state index in [-0.39, 0.29) is 17.8 Å². The van der Waals surface area contributed by atoms with Gasteiger partial charge in [-0.05, 0) is 44.9 Å². The summed E-state index contributed by atoms with van der Waals surface area (Å²) >= 11 is 0. The normalized spacial score (nSPS) is 16.3. The lowest BCUT2D eigenvalue weighted by atomic mass is 10.0. The summed E-state index contributed by atoms with van der Waals surface area (Å²) in [5.41, 5.74) is 1.70. The van der Waals surface area contributed by atoms with Crippen LogP contribution < -0.4 is 5.32 Å². The fourth-order valence-corrected chi connectivity index (χ4v) is 3.17. The predicted molar refractivity (Wildman–Crippen MR) is 94.6 cm³/mol. The van der Waals surface area contributed by atoms with Crippen LogP contribution in [0.2, 0.25) is 0 Å². The highest BCUT2D eigenvalue weighted by Crippen LogP contribution is 2.16.